The Balaban J connectivity index is 1.67. The second kappa shape index (κ2) is 7.07. The first-order valence-electron chi connectivity index (χ1n) is 8.44. The number of aromatic nitrogens is 4. The molecule has 0 saturated carbocycles. The summed E-state index contributed by atoms with van der Waals surface area (Å²) in [5, 5.41) is 4.52. The zero-order valence-corrected chi connectivity index (χ0v) is 14.9. The number of halogens is 1. The molecule has 0 unspecified atom stereocenters. The normalized spacial score (nSPS) is 10.9. The van der Waals surface area contributed by atoms with Crippen molar-refractivity contribution >= 4 is 16.8 Å². The summed E-state index contributed by atoms with van der Waals surface area (Å²) in [6.45, 7) is -0.260. The molecule has 0 spiro atoms. The molecule has 28 heavy (non-hydrogen) atoms. The molecule has 0 fully saturated rings. The van der Waals surface area contributed by atoms with Gasteiger partial charge in [0.2, 0.25) is 0 Å². The zero-order chi connectivity index (χ0) is 19.7. The summed E-state index contributed by atoms with van der Waals surface area (Å²) in [6, 6.07) is 13.2. The third-order valence-electron chi connectivity index (χ3n) is 4.34. The number of hydrogen-bond acceptors (Lipinski definition) is 5. The van der Waals surface area contributed by atoms with Crippen molar-refractivity contribution in [2.45, 2.75) is 6.54 Å². The number of fused-ring (bicyclic) bond motifs is 1. The fraction of sp³-hybridized carbons (Fsp3) is 0.100. The second-order valence-electron chi connectivity index (χ2n) is 6.08. The highest BCUT2D eigenvalue weighted by atomic mass is 19.1. The molecule has 0 aliphatic heterocycles. The Kier molecular flexibility index (Phi) is 4.44. The third kappa shape index (κ3) is 3.05. The number of Topliss-reactive ketones (excluding diaryl/α,β-unsaturated/α-hetero) is 1. The SMILES string of the molecule is COc1ccc(C(=O)Cn2cnc3c(cnn3-c3ccccc3)c2=O)cc1F. The minimum Gasteiger partial charge on any atom is -0.494 e. The van der Waals surface area contributed by atoms with Crippen LogP contribution in [0.15, 0.2) is 65.8 Å². The number of methoxy groups -OCH3 is 1. The molecule has 0 amide bonds. The summed E-state index contributed by atoms with van der Waals surface area (Å²) in [5.74, 6) is -1.01. The lowest BCUT2D eigenvalue weighted by molar-refractivity contribution is 0.0970. The Labute approximate surface area is 158 Å². The number of carbonyl (C=O) groups is 1. The van der Waals surface area contributed by atoms with Gasteiger partial charge in [-0.2, -0.15) is 5.10 Å². The summed E-state index contributed by atoms with van der Waals surface area (Å²) < 4.78 is 21.4. The average Bonchev–Trinajstić information content (AvgIpc) is 3.15. The molecule has 4 rings (SSSR count). The Morgan fingerprint density at radius 3 is 2.68 bits per heavy atom. The van der Waals surface area contributed by atoms with Crippen LogP contribution in [0, 0.1) is 5.82 Å². The molecule has 2 heterocycles. The Morgan fingerprint density at radius 1 is 1.18 bits per heavy atom. The fourth-order valence-corrected chi connectivity index (χ4v) is 2.91. The summed E-state index contributed by atoms with van der Waals surface area (Å²) in [7, 11) is 1.34. The van der Waals surface area contributed by atoms with Gasteiger partial charge in [0.25, 0.3) is 5.56 Å². The van der Waals surface area contributed by atoms with E-state index in [0.29, 0.717) is 11.0 Å². The van der Waals surface area contributed by atoms with Crippen molar-refractivity contribution < 1.29 is 13.9 Å². The minimum atomic E-state index is -0.640. The molecule has 0 saturated heterocycles. The quantitative estimate of drug-likeness (QED) is 0.499. The van der Waals surface area contributed by atoms with E-state index < -0.39 is 17.2 Å². The highest BCUT2D eigenvalue weighted by Crippen LogP contribution is 2.18. The van der Waals surface area contributed by atoms with Crippen LogP contribution in [0.5, 0.6) is 5.75 Å². The Morgan fingerprint density at radius 2 is 1.96 bits per heavy atom. The predicted octanol–water partition coefficient (Wildman–Crippen LogP) is 2.61. The number of ether oxygens (including phenoxy) is 1. The number of nitrogens with zero attached hydrogens (tertiary/aromatic N) is 4. The maximum Gasteiger partial charge on any atom is 0.264 e. The van der Waals surface area contributed by atoms with Gasteiger partial charge in [-0.1, -0.05) is 18.2 Å². The summed E-state index contributed by atoms with van der Waals surface area (Å²) >= 11 is 0. The standard InChI is InChI=1S/C20H15FN4O3/c1-28-18-8-7-13(9-16(18)21)17(26)11-24-12-22-19-15(20(24)27)10-23-25(19)14-5-3-2-4-6-14/h2-10,12H,11H2,1H3. The van der Waals surface area contributed by atoms with Crippen LogP contribution in [0.2, 0.25) is 0 Å². The topological polar surface area (TPSA) is 79.0 Å². The van der Waals surface area contributed by atoms with Gasteiger partial charge in [-0.25, -0.2) is 14.1 Å². The van der Waals surface area contributed by atoms with Gasteiger partial charge >= 0.3 is 0 Å². The van der Waals surface area contributed by atoms with E-state index in [1.807, 2.05) is 30.3 Å². The number of rotatable bonds is 5. The maximum atomic E-state index is 13.8. The molecule has 7 nitrogen and oxygen atoms in total. The van der Waals surface area contributed by atoms with Gasteiger partial charge in [-0.05, 0) is 30.3 Å². The molecule has 2 aromatic heterocycles. The highest BCUT2D eigenvalue weighted by molar-refractivity contribution is 5.96. The molecule has 0 atom stereocenters. The van der Waals surface area contributed by atoms with E-state index in [-0.39, 0.29) is 17.9 Å². The molecule has 4 aromatic rings. The van der Waals surface area contributed by atoms with Crippen LogP contribution >= 0.6 is 0 Å². The summed E-state index contributed by atoms with van der Waals surface area (Å²) in [6.07, 6.45) is 2.72. The fourth-order valence-electron chi connectivity index (χ4n) is 2.91. The molecule has 0 N–H and O–H groups in total. The van der Waals surface area contributed by atoms with Gasteiger partial charge in [0.15, 0.2) is 23.0 Å². The number of ketones is 1. The number of carbonyl (C=O) groups excluding carboxylic acids is 1. The van der Waals surface area contributed by atoms with Crippen LogP contribution in [0.1, 0.15) is 10.4 Å². The first-order chi connectivity index (χ1) is 13.6. The van der Waals surface area contributed by atoms with Crippen LogP contribution in [0.4, 0.5) is 4.39 Å². The van der Waals surface area contributed by atoms with Gasteiger partial charge in [0.05, 0.1) is 25.5 Å². The largest absolute Gasteiger partial charge is 0.494 e. The van der Waals surface area contributed by atoms with Crippen molar-refractivity contribution in [1.29, 1.82) is 0 Å². The van der Waals surface area contributed by atoms with E-state index >= 15 is 0 Å². The number of hydrogen-bond donors (Lipinski definition) is 0. The first-order valence-corrected chi connectivity index (χ1v) is 8.44. The number of para-hydroxylation sites is 1. The predicted molar refractivity (Wildman–Crippen MR) is 100 cm³/mol. The van der Waals surface area contributed by atoms with Crippen LogP contribution in [0.3, 0.4) is 0 Å². The molecule has 2 aromatic carbocycles. The smallest absolute Gasteiger partial charge is 0.264 e. The van der Waals surface area contributed by atoms with Gasteiger partial charge < -0.3 is 4.74 Å². The first kappa shape index (κ1) is 17.6. The van der Waals surface area contributed by atoms with Crippen molar-refractivity contribution in [3.05, 3.63) is 82.8 Å². The zero-order valence-electron chi connectivity index (χ0n) is 14.9. The second-order valence-corrected chi connectivity index (χ2v) is 6.08. The van der Waals surface area contributed by atoms with Crippen molar-refractivity contribution in [1.82, 2.24) is 19.3 Å². The van der Waals surface area contributed by atoms with E-state index in [4.69, 9.17) is 4.74 Å². The molecule has 0 bridgehead atoms. The van der Waals surface area contributed by atoms with Gasteiger partial charge in [0, 0.05) is 5.56 Å². The lowest BCUT2D eigenvalue weighted by Gasteiger charge is -2.07. The van der Waals surface area contributed by atoms with Gasteiger partial charge in [-0.15, -0.1) is 0 Å². The Hall–Kier alpha value is -3.81. The minimum absolute atomic E-state index is 0.0464. The average molecular weight is 378 g/mol. The molecule has 8 heteroatoms. The van der Waals surface area contributed by atoms with Crippen LogP contribution in [0.25, 0.3) is 16.7 Å². The van der Waals surface area contributed by atoms with E-state index in [2.05, 4.69) is 10.1 Å². The van der Waals surface area contributed by atoms with Crippen LogP contribution < -0.4 is 10.3 Å². The monoisotopic (exact) mass is 378 g/mol. The lowest BCUT2D eigenvalue weighted by atomic mass is 10.1. The molecular weight excluding hydrogens is 363 g/mol. The van der Waals surface area contributed by atoms with Crippen molar-refractivity contribution in [2.75, 3.05) is 7.11 Å². The Bertz CT molecular complexity index is 1230. The molecule has 140 valence electrons. The van der Waals surface area contributed by atoms with Gasteiger partial charge in [-0.3, -0.25) is 14.2 Å². The van der Waals surface area contributed by atoms with E-state index in [1.54, 1.807) is 4.68 Å². The van der Waals surface area contributed by atoms with Gasteiger partial charge in [0.1, 0.15) is 11.7 Å². The van der Waals surface area contributed by atoms with E-state index in [9.17, 15) is 14.0 Å². The summed E-state index contributed by atoms with van der Waals surface area (Å²) in [4.78, 5) is 29.5. The number of benzene rings is 2. The van der Waals surface area contributed by atoms with Crippen LogP contribution in [-0.2, 0) is 6.54 Å². The van der Waals surface area contributed by atoms with Crippen molar-refractivity contribution in [3.63, 3.8) is 0 Å². The third-order valence-corrected chi connectivity index (χ3v) is 4.34. The molecule has 0 radical (unpaired) electrons. The molecule has 0 aliphatic rings. The van der Waals surface area contributed by atoms with Crippen molar-refractivity contribution in [3.8, 4) is 11.4 Å². The molecular formula is C20H15FN4O3. The van der Waals surface area contributed by atoms with Crippen LogP contribution in [-0.4, -0.2) is 32.2 Å². The molecule has 0 aliphatic carbocycles. The van der Waals surface area contributed by atoms with Crippen molar-refractivity contribution in [2.24, 2.45) is 0 Å². The van der Waals surface area contributed by atoms with E-state index in [0.717, 1.165) is 11.8 Å². The maximum absolute atomic E-state index is 13.8. The summed E-state index contributed by atoms with van der Waals surface area (Å²) in [5.41, 5.74) is 0.919. The lowest BCUT2D eigenvalue weighted by Crippen LogP contribution is -2.24. The van der Waals surface area contributed by atoms with E-state index in [1.165, 1.54) is 36.3 Å². The highest BCUT2D eigenvalue weighted by Gasteiger charge is 2.15.